The van der Waals surface area contributed by atoms with Crippen molar-refractivity contribution in [2.45, 2.75) is 37.9 Å². The van der Waals surface area contributed by atoms with Crippen molar-refractivity contribution in [1.82, 2.24) is 4.31 Å². The van der Waals surface area contributed by atoms with Gasteiger partial charge in [-0.05, 0) is 29.5 Å². The fourth-order valence-corrected chi connectivity index (χ4v) is 4.13. The monoisotopic (exact) mass is 361 g/mol. The summed E-state index contributed by atoms with van der Waals surface area (Å²) in [6.45, 7) is 9.27. The third kappa shape index (κ3) is 4.86. The highest BCUT2D eigenvalue weighted by molar-refractivity contribution is 9.08. The van der Waals surface area contributed by atoms with Crippen molar-refractivity contribution in [2.24, 2.45) is 11.8 Å². The van der Waals surface area contributed by atoms with Crippen molar-refractivity contribution in [3.05, 3.63) is 29.8 Å². The van der Waals surface area contributed by atoms with Gasteiger partial charge in [0.2, 0.25) is 10.0 Å². The molecule has 114 valence electrons. The molecule has 0 amide bonds. The molecule has 0 saturated carbocycles. The highest BCUT2D eigenvalue weighted by Crippen LogP contribution is 2.20. The Bertz CT molecular complexity index is 499. The highest BCUT2D eigenvalue weighted by atomic mass is 79.9. The molecule has 0 bridgehead atoms. The van der Waals surface area contributed by atoms with Gasteiger partial charge in [-0.1, -0.05) is 55.8 Å². The summed E-state index contributed by atoms with van der Waals surface area (Å²) >= 11 is 3.37. The standard InChI is InChI=1S/C15H24BrNO2S/c1-12(2)10-17(11-13(3)4)20(18,19)15-7-5-14(9-16)6-8-15/h5-8,12-13H,9-11H2,1-4H3. The maximum absolute atomic E-state index is 12.7. The number of hydrogen-bond acceptors (Lipinski definition) is 2. The first-order valence-corrected chi connectivity index (χ1v) is 9.48. The predicted octanol–water partition coefficient (Wildman–Crippen LogP) is 3.88. The second-order valence-corrected chi connectivity index (χ2v) is 8.39. The lowest BCUT2D eigenvalue weighted by Gasteiger charge is -2.25. The molecule has 0 saturated heterocycles. The molecule has 20 heavy (non-hydrogen) atoms. The van der Waals surface area contributed by atoms with E-state index in [4.69, 9.17) is 0 Å². The van der Waals surface area contributed by atoms with Gasteiger partial charge in [0.05, 0.1) is 4.90 Å². The van der Waals surface area contributed by atoms with Crippen LogP contribution >= 0.6 is 15.9 Å². The van der Waals surface area contributed by atoms with Crippen LogP contribution in [-0.2, 0) is 15.4 Å². The van der Waals surface area contributed by atoms with Gasteiger partial charge in [0.1, 0.15) is 0 Å². The van der Waals surface area contributed by atoms with Crippen molar-refractivity contribution in [3.8, 4) is 0 Å². The van der Waals surface area contributed by atoms with Crippen LogP contribution in [0.4, 0.5) is 0 Å². The van der Waals surface area contributed by atoms with Gasteiger partial charge >= 0.3 is 0 Å². The van der Waals surface area contributed by atoms with Gasteiger partial charge in [0.25, 0.3) is 0 Å². The molecule has 0 aromatic heterocycles. The zero-order valence-electron chi connectivity index (χ0n) is 12.6. The second kappa shape index (κ2) is 7.57. The van der Waals surface area contributed by atoms with Gasteiger partial charge in [-0.2, -0.15) is 4.31 Å². The Morgan fingerprint density at radius 1 is 1.00 bits per heavy atom. The lowest BCUT2D eigenvalue weighted by molar-refractivity contribution is 0.333. The molecule has 0 fully saturated rings. The van der Waals surface area contributed by atoms with Crippen molar-refractivity contribution in [3.63, 3.8) is 0 Å². The molecule has 0 aliphatic heterocycles. The summed E-state index contributed by atoms with van der Waals surface area (Å²) in [6.07, 6.45) is 0. The summed E-state index contributed by atoms with van der Waals surface area (Å²) in [5.74, 6) is 0.621. The predicted molar refractivity (Wildman–Crippen MR) is 87.5 cm³/mol. The van der Waals surface area contributed by atoms with Crippen LogP contribution in [0.5, 0.6) is 0 Å². The molecule has 0 atom stereocenters. The molecule has 0 spiro atoms. The molecule has 0 heterocycles. The normalized spacial score (nSPS) is 12.6. The van der Waals surface area contributed by atoms with Crippen LogP contribution in [0.25, 0.3) is 0 Å². The number of alkyl halides is 1. The third-order valence-corrected chi connectivity index (χ3v) is 5.35. The molecule has 5 heteroatoms. The van der Waals surface area contributed by atoms with Crippen LogP contribution in [0, 0.1) is 11.8 Å². The lowest BCUT2D eigenvalue weighted by Crippen LogP contribution is -2.37. The first-order chi connectivity index (χ1) is 9.27. The highest BCUT2D eigenvalue weighted by Gasteiger charge is 2.25. The van der Waals surface area contributed by atoms with E-state index >= 15 is 0 Å². The quantitative estimate of drug-likeness (QED) is 0.691. The van der Waals surface area contributed by atoms with E-state index in [9.17, 15) is 8.42 Å². The first-order valence-electron chi connectivity index (χ1n) is 6.92. The molecule has 0 aliphatic carbocycles. The van der Waals surface area contributed by atoms with E-state index in [0.29, 0.717) is 29.8 Å². The summed E-state index contributed by atoms with van der Waals surface area (Å²) in [5, 5.41) is 0.731. The first kappa shape index (κ1) is 17.7. The maximum atomic E-state index is 12.7. The minimum atomic E-state index is -3.40. The molecule has 0 aliphatic rings. The van der Waals surface area contributed by atoms with E-state index in [1.54, 1.807) is 16.4 Å². The zero-order valence-corrected chi connectivity index (χ0v) is 15.0. The Balaban J connectivity index is 3.07. The average Bonchev–Trinajstić information content (AvgIpc) is 2.37. The van der Waals surface area contributed by atoms with Crippen LogP contribution in [0.3, 0.4) is 0 Å². The molecule has 1 rings (SSSR count). The van der Waals surface area contributed by atoms with E-state index in [-0.39, 0.29) is 0 Å². The number of benzene rings is 1. The molecule has 0 radical (unpaired) electrons. The van der Waals surface area contributed by atoms with E-state index in [2.05, 4.69) is 15.9 Å². The van der Waals surface area contributed by atoms with Gasteiger partial charge in [-0.25, -0.2) is 8.42 Å². The van der Waals surface area contributed by atoms with E-state index < -0.39 is 10.0 Å². The van der Waals surface area contributed by atoms with E-state index in [0.717, 1.165) is 10.9 Å². The Morgan fingerprint density at radius 3 is 1.80 bits per heavy atom. The number of nitrogens with zero attached hydrogens (tertiary/aromatic N) is 1. The van der Waals surface area contributed by atoms with Crippen LogP contribution in [0.15, 0.2) is 29.2 Å². The Morgan fingerprint density at radius 2 is 1.45 bits per heavy atom. The van der Waals surface area contributed by atoms with Crippen LogP contribution < -0.4 is 0 Å². The zero-order chi connectivity index (χ0) is 15.3. The number of hydrogen-bond donors (Lipinski definition) is 0. The molecular weight excluding hydrogens is 338 g/mol. The minimum Gasteiger partial charge on any atom is -0.207 e. The summed E-state index contributed by atoms with van der Waals surface area (Å²) in [4.78, 5) is 0.378. The van der Waals surface area contributed by atoms with Crippen molar-refractivity contribution in [2.75, 3.05) is 13.1 Å². The Hall–Kier alpha value is -0.390. The van der Waals surface area contributed by atoms with Gasteiger partial charge in [-0.3, -0.25) is 0 Å². The van der Waals surface area contributed by atoms with Gasteiger partial charge < -0.3 is 0 Å². The molecule has 1 aromatic rings. The largest absolute Gasteiger partial charge is 0.243 e. The van der Waals surface area contributed by atoms with Crippen molar-refractivity contribution < 1.29 is 8.42 Å². The van der Waals surface area contributed by atoms with E-state index in [1.807, 2.05) is 39.8 Å². The number of rotatable bonds is 7. The second-order valence-electron chi connectivity index (χ2n) is 5.89. The smallest absolute Gasteiger partial charge is 0.207 e. The molecule has 0 N–H and O–H groups in total. The Labute approximate surface area is 131 Å². The van der Waals surface area contributed by atoms with Gasteiger partial charge in [0, 0.05) is 18.4 Å². The molecule has 1 aromatic carbocycles. The van der Waals surface area contributed by atoms with E-state index in [1.165, 1.54) is 0 Å². The minimum absolute atomic E-state index is 0.311. The fraction of sp³-hybridized carbons (Fsp3) is 0.600. The lowest BCUT2D eigenvalue weighted by atomic mass is 10.2. The molecular formula is C15H24BrNO2S. The SMILES string of the molecule is CC(C)CN(CC(C)C)S(=O)(=O)c1ccc(CBr)cc1. The molecule has 0 unspecified atom stereocenters. The molecule has 3 nitrogen and oxygen atoms in total. The summed E-state index contributed by atoms with van der Waals surface area (Å²) in [6, 6.07) is 7.09. The summed E-state index contributed by atoms with van der Waals surface area (Å²) in [7, 11) is -3.40. The van der Waals surface area contributed by atoms with Crippen LogP contribution in [0.2, 0.25) is 0 Å². The Kier molecular flexibility index (Phi) is 6.69. The van der Waals surface area contributed by atoms with Crippen molar-refractivity contribution >= 4 is 26.0 Å². The summed E-state index contributed by atoms with van der Waals surface area (Å²) < 4.78 is 27.0. The summed E-state index contributed by atoms with van der Waals surface area (Å²) in [5.41, 5.74) is 1.07. The number of sulfonamides is 1. The average molecular weight is 362 g/mol. The van der Waals surface area contributed by atoms with Crippen LogP contribution in [-0.4, -0.2) is 25.8 Å². The van der Waals surface area contributed by atoms with Crippen molar-refractivity contribution in [1.29, 1.82) is 0 Å². The third-order valence-electron chi connectivity index (χ3n) is 2.85. The van der Waals surface area contributed by atoms with Gasteiger partial charge in [0.15, 0.2) is 0 Å². The maximum Gasteiger partial charge on any atom is 0.243 e. The van der Waals surface area contributed by atoms with Gasteiger partial charge in [-0.15, -0.1) is 0 Å². The number of halogens is 1. The topological polar surface area (TPSA) is 37.4 Å². The fourth-order valence-electron chi connectivity index (χ4n) is 1.98. The van der Waals surface area contributed by atoms with Crippen LogP contribution in [0.1, 0.15) is 33.3 Å².